The fourth-order valence-corrected chi connectivity index (χ4v) is 4.82. The van der Waals surface area contributed by atoms with Crippen molar-refractivity contribution in [3.8, 4) is 5.75 Å². The van der Waals surface area contributed by atoms with Gasteiger partial charge in [0.2, 0.25) is 0 Å². The summed E-state index contributed by atoms with van der Waals surface area (Å²) in [7, 11) is 3.38. The largest absolute Gasteiger partial charge is 0.493 e. The Labute approximate surface area is 172 Å². The number of aromatic nitrogens is 1. The number of pyridine rings is 1. The van der Waals surface area contributed by atoms with Crippen LogP contribution in [0.15, 0.2) is 12.3 Å². The molecule has 0 amide bonds. The lowest BCUT2D eigenvalue weighted by Gasteiger charge is -2.43. The van der Waals surface area contributed by atoms with Gasteiger partial charge in [-0.2, -0.15) is 0 Å². The van der Waals surface area contributed by atoms with Crippen LogP contribution >= 0.6 is 12.4 Å². The molecule has 0 radical (unpaired) electrons. The standard InChI is InChI=1S/C22H38N2O2.ClH/c1-21(2,3)15-22(4,5)16-8-10-17(11-9-16)24-18-12-13-23-19(14-25-6)20(18)26-7;/h12-13,16-17H,8-11,14-15H2,1-7H3,(H,23,24);1H. The maximum Gasteiger partial charge on any atom is 0.165 e. The molecule has 1 heterocycles. The highest BCUT2D eigenvalue weighted by atomic mass is 35.5. The molecule has 0 aliphatic heterocycles. The van der Waals surface area contributed by atoms with Crippen LogP contribution in [0.5, 0.6) is 5.75 Å². The molecule has 0 aromatic carbocycles. The highest BCUT2D eigenvalue weighted by molar-refractivity contribution is 5.85. The minimum absolute atomic E-state index is 0. The van der Waals surface area contributed by atoms with E-state index in [4.69, 9.17) is 9.47 Å². The van der Waals surface area contributed by atoms with Crippen molar-refractivity contribution < 1.29 is 9.47 Å². The zero-order valence-electron chi connectivity index (χ0n) is 18.2. The number of ether oxygens (including phenoxy) is 2. The summed E-state index contributed by atoms with van der Waals surface area (Å²) in [5.41, 5.74) is 2.68. The Kier molecular flexibility index (Phi) is 8.88. The van der Waals surface area contributed by atoms with Crippen molar-refractivity contribution in [1.82, 2.24) is 4.98 Å². The summed E-state index contributed by atoms with van der Waals surface area (Å²) in [5, 5.41) is 3.70. The molecule has 27 heavy (non-hydrogen) atoms. The lowest BCUT2D eigenvalue weighted by atomic mass is 9.64. The average Bonchev–Trinajstić information content (AvgIpc) is 2.54. The molecule has 1 fully saturated rings. The van der Waals surface area contributed by atoms with Crippen LogP contribution in [0.25, 0.3) is 0 Å². The highest BCUT2D eigenvalue weighted by Crippen LogP contribution is 2.45. The maximum absolute atomic E-state index is 5.60. The Bertz CT molecular complexity index is 576. The molecule has 1 aromatic rings. The number of methoxy groups -OCH3 is 2. The number of hydrogen-bond donors (Lipinski definition) is 1. The summed E-state index contributed by atoms with van der Waals surface area (Å²) >= 11 is 0. The zero-order valence-corrected chi connectivity index (χ0v) is 19.0. The predicted molar refractivity (Wildman–Crippen MR) is 116 cm³/mol. The first kappa shape index (κ1) is 24.0. The van der Waals surface area contributed by atoms with Gasteiger partial charge in [0.1, 0.15) is 5.69 Å². The van der Waals surface area contributed by atoms with Gasteiger partial charge in [0.25, 0.3) is 0 Å². The van der Waals surface area contributed by atoms with Gasteiger partial charge < -0.3 is 14.8 Å². The second-order valence-corrected chi connectivity index (χ2v) is 9.69. The number of anilines is 1. The van der Waals surface area contributed by atoms with Gasteiger partial charge in [-0.15, -0.1) is 12.4 Å². The van der Waals surface area contributed by atoms with E-state index in [0.29, 0.717) is 23.5 Å². The van der Waals surface area contributed by atoms with Gasteiger partial charge in [-0.05, 0) is 54.9 Å². The fourth-order valence-electron chi connectivity index (χ4n) is 4.82. The molecule has 1 aromatic heterocycles. The fraction of sp³-hybridized carbons (Fsp3) is 0.773. The van der Waals surface area contributed by atoms with Gasteiger partial charge in [0.15, 0.2) is 5.75 Å². The van der Waals surface area contributed by atoms with Gasteiger partial charge in [0.05, 0.1) is 19.4 Å². The minimum Gasteiger partial charge on any atom is -0.493 e. The molecule has 1 N–H and O–H groups in total. The molecule has 2 rings (SSSR count). The quantitative estimate of drug-likeness (QED) is 0.603. The number of nitrogens with zero attached hydrogens (tertiary/aromatic N) is 1. The van der Waals surface area contributed by atoms with E-state index in [1.807, 2.05) is 12.3 Å². The topological polar surface area (TPSA) is 43.4 Å². The molecule has 156 valence electrons. The third-order valence-electron chi connectivity index (χ3n) is 5.64. The van der Waals surface area contributed by atoms with Crippen molar-refractivity contribution in [3.63, 3.8) is 0 Å². The van der Waals surface area contributed by atoms with Gasteiger partial charge >= 0.3 is 0 Å². The summed E-state index contributed by atoms with van der Waals surface area (Å²) in [5.74, 6) is 1.62. The summed E-state index contributed by atoms with van der Waals surface area (Å²) in [6, 6.07) is 2.51. The first-order chi connectivity index (χ1) is 12.2. The zero-order chi connectivity index (χ0) is 19.4. The van der Waals surface area contributed by atoms with Crippen LogP contribution in [0.1, 0.15) is 72.4 Å². The summed E-state index contributed by atoms with van der Waals surface area (Å²) < 4.78 is 10.8. The summed E-state index contributed by atoms with van der Waals surface area (Å²) in [6.07, 6.45) is 8.11. The molecule has 0 saturated heterocycles. The van der Waals surface area contributed by atoms with Crippen LogP contribution < -0.4 is 10.1 Å². The molecule has 1 aliphatic carbocycles. The maximum atomic E-state index is 5.60. The molecule has 0 bridgehead atoms. The van der Waals surface area contributed by atoms with Crippen LogP contribution in [0.4, 0.5) is 5.69 Å². The second-order valence-electron chi connectivity index (χ2n) is 9.69. The lowest BCUT2D eigenvalue weighted by molar-refractivity contribution is 0.0968. The molecule has 4 nitrogen and oxygen atoms in total. The first-order valence-electron chi connectivity index (χ1n) is 9.93. The van der Waals surface area contributed by atoms with Crippen LogP contribution in [0.3, 0.4) is 0 Å². The Balaban J connectivity index is 0.00000364. The third-order valence-corrected chi connectivity index (χ3v) is 5.64. The van der Waals surface area contributed by atoms with Crippen LogP contribution in [0, 0.1) is 16.7 Å². The van der Waals surface area contributed by atoms with E-state index in [0.717, 1.165) is 23.0 Å². The van der Waals surface area contributed by atoms with Crippen molar-refractivity contribution in [1.29, 1.82) is 0 Å². The van der Waals surface area contributed by atoms with E-state index >= 15 is 0 Å². The SMILES string of the molecule is COCc1nccc(NC2CCC(C(C)(C)CC(C)(C)C)CC2)c1OC.Cl. The first-order valence-corrected chi connectivity index (χ1v) is 9.93. The minimum atomic E-state index is 0. The molecule has 0 unspecified atom stereocenters. The molecular formula is C22H39ClN2O2. The molecular weight excluding hydrogens is 360 g/mol. The smallest absolute Gasteiger partial charge is 0.165 e. The van der Waals surface area contributed by atoms with E-state index in [1.54, 1.807) is 14.2 Å². The Morgan fingerprint density at radius 2 is 1.70 bits per heavy atom. The Morgan fingerprint density at radius 1 is 1.07 bits per heavy atom. The number of hydrogen-bond acceptors (Lipinski definition) is 4. The highest BCUT2D eigenvalue weighted by Gasteiger charge is 2.36. The molecule has 1 saturated carbocycles. The van der Waals surface area contributed by atoms with Gasteiger partial charge in [-0.25, -0.2) is 0 Å². The van der Waals surface area contributed by atoms with E-state index in [9.17, 15) is 0 Å². The van der Waals surface area contributed by atoms with E-state index in [2.05, 4.69) is 44.9 Å². The van der Waals surface area contributed by atoms with Gasteiger partial charge in [-0.3, -0.25) is 4.98 Å². The molecule has 0 spiro atoms. The monoisotopic (exact) mass is 398 g/mol. The Hall–Kier alpha value is -1.000. The summed E-state index contributed by atoms with van der Waals surface area (Å²) in [6.45, 7) is 12.4. The van der Waals surface area contributed by atoms with Crippen molar-refractivity contribution in [2.24, 2.45) is 16.7 Å². The second kappa shape index (κ2) is 9.97. The number of halogens is 1. The van der Waals surface area contributed by atoms with Crippen molar-refractivity contribution in [2.45, 2.75) is 79.4 Å². The molecule has 1 aliphatic rings. The van der Waals surface area contributed by atoms with Crippen molar-refractivity contribution >= 4 is 18.1 Å². The van der Waals surface area contributed by atoms with E-state index in [1.165, 1.54) is 32.1 Å². The van der Waals surface area contributed by atoms with Crippen molar-refractivity contribution in [3.05, 3.63) is 18.0 Å². The van der Waals surface area contributed by atoms with Crippen molar-refractivity contribution in [2.75, 3.05) is 19.5 Å². The third kappa shape index (κ3) is 6.83. The summed E-state index contributed by atoms with van der Waals surface area (Å²) in [4.78, 5) is 4.38. The normalized spacial score (nSPS) is 20.7. The van der Waals surface area contributed by atoms with Crippen LogP contribution in [0.2, 0.25) is 0 Å². The lowest BCUT2D eigenvalue weighted by Crippen LogP contribution is -2.35. The molecule has 0 atom stereocenters. The average molecular weight is 399 g/mol. The van der Waals surface area contributed by atoms with Gasteiger partial charge in [-0.1, -0.05) is 34.6 Å². The predicted octanol–water partition coefficient (Wildman–Crippen LogP) is 6.09. The number of rotatable bonds is 7. The van der Waals surface area contributed by atoms with Crippen LogP contribution in [-0.2, 0) is 11.3 Å². The van der Waals surface area contributed by atoms with Crippen LogP contribution in [-0.4, -0.2) is 25.2 Å². The Morgan fingerprint density at radius 3 is 2.22 bits per heavy atom. The van der Waals surface area contributed by atoms with E-state index < -0.39 is 0 Å². The van der Waals surface area contributed by atoms with Gasteiger partial charge in [0, 0.05) is 19.3 Å². The number of nitrogens with one attached hydrogen (secondary N) is 1. The van der Waals surface area contributed by atoms with E-state index in [-0.39, 0.29) is 12.4 Å². The molecule has 5 heteroatoms.